The normalized spacial score (nSPS) is 10.2. The summed E-state index contributed by atoms with van der Waals surface area (Å²) in [6.45, 7) is 0.644. The second kappa shape index (κ2) is 5.28. The number of hydrogen-bond acceptors (Lipinski definition) is 7. The number of hydrogen-bond donors (Lipinski definition) is 2. The van der Waals surface area contributed by atoms with Crippen molar-refractivity contribution in [3.8, 4) is 12.0 Å². The predicted octanol–water partition coefficient (Wildman–Crippen LogP) is -0.0237. The van der Waals surface area contributed by atoms with Crippen LogP contribution in [0.3, 0.4) is 0 Å². The molecular weight excluding hydrogens is 220 g/mol. The fourth-order valence-corrected chi connectivity index (χ4v) is 1.16. The van der Waals surface area contributed by atoms with Crippen LogP contribution in [0.4, 0.5) is 0 Å². The maximum Gasteiger partial charge on any atom is 0.324 e. The van der Waals surface area contributed by atoms with Crippen LogP contribution in [-0.2, 0) is 13.1 Å². The molecule has 17 heavy (non-hydrogen) atoms. The average Bonchev–Trinajstić information content (AvgIpc) is 2.39. The van der Waals surface area contributed by atoms with Gasteiger partial charge in [-0.15, -0.1) is 0 Å². The zero-order chi connectivity index (χ0) is 12.1. The Morgan fingerprint density at radius 2 is 1.35 bits per heavy atom. The summed E-state index contributed by atoms with van der Waals surface area (Å²) in [4.78, 5) is 16.0. The molecule has 2 heterocycles. The molecule has 0 radical (unpaired) electrons. The summed E-state index contributed by atoms with van der Waals surface area (Å²) in [6.07, 6.45) is 3.13. The molecule has 2 rings (SSSR count). The molecule has 0 saturated heterocycles. The van der Waals surface area contributed by atoms with Crippen LogP contribution in [-0.4, -0.2) is 19.9 Å². The van der Waals surface area contributed by atoms with Gasteiger partial charge < -0.3 is 16.2 Å². The minimum atomic E-state index is 0.169. The Hall–Kier alpha value is -2.12. The van der Waals surface area contributed by atoms with E-state index in [1.807, 2.05) is 0 Å². The van der Waals surface area contributed by atoms with Crippen LogP contribution >= 0.6 is 0 Å². The highest BCUT2D eigenvalue weighted by Crippen LogP contribution is 2.12. The van der Waals surface area contributed by atoms with E-state index in [1.165, 1.54) is 0 Å². The standard InChI is InChI=1S/C10H12N6O/c11-5-7-1-3-13-9(15-7)17-10-14-4-2-8(6-12)16-10/h1-4H,5-6,11-12H2. The van der Waals surface area contributed by atoms with Crippen molar-refractivity contribution in [3.63, 3.8) is 0 Å². The van der Waals surface area contributed by atoms with Gasteiger partial charge in [-0.25, -0.2) is 9.97 Å². The molecule has 7 heteroatoms. The van der Waals surface area contributed by atoms with E-state index in [4.69, 9.17) is 16.2 Å². The van der Waals surface area contributed by atoms with Crippen LogP contribution in [0.2, 0.25) is 0 Å². The van der Waals surface area contributed by atoms with Crippen molar-refractivity contribution in [2.45, 2.75) is 13.1 Å². The Kier molecular flexibility index (Phi) is 3.53. The van der Waals surface area contributed by atoms with Gasteiger partial charge in [0.25, 0.3) is 0 Å². The van der Waals surface area contributed by atoms with Gasteiger partial charge in [0.15, 0.2) is 0 Å². The van der Waals surface area contributed by atoms with Crippen molar-refractivity contribution in [1.82, 2.24) is 19.9 Å². The Labute approximate surface area is 97.9 Å². The molecule has 0 atom stereocenters. The SMILES string of the molecule is NCc1ccnc(Oc2nccc(CN)n2)n1. The lowest BCUT2D eigenvalue weighted by molar-refractivity contribution is 0.403. The number of nitrogens with two attached hydrogens (primary N) is 2. The zero-order valence-electron chi connectivity index (χ0n) is 9.08. The van der Waals surface area contributed by atoms with Crippen LogP contribution in [0.15, 0.2) is 24.5 Å². The first kappa shape index (κ1) is 11.4. The summed E-state index contributed by atoms with van der Waals surface area (Å²) >= 11 is 0. The molecule has 88 valence electrons. The maximum absolute atomic E-state index is 5.46. The van der Waals surface area contributed by atoms with E-state index in [0.29, 0.717) is 24.5 Å². The summed E-state index contributed by atoms with van der Waals surface area (Å²) in [5, 5.41) is 0. The molecule has 2 aromatic heterocycles. The second-order valence-electron chi connectivity index (χ2n) is 3.17. The Balaban J connectivity index is 2.18. The largest absolute Gasteiger partial charge is 0.388 e. The molecule has 2 aromatic rings. The second-order valence-corrected chi connectivity index (χ2v) is 3.17. The molecule has 0 bridgehead atoms. The topological polar surface area (TPSA) is 113 Å². The zero-order valence-corrected chi connectivity index (χ0v) is 9.08. The van der Waals surface area contributed by atoms with E-state index < -0.39 is 0 Å². The predicted molar refractivity (Wildman–Crippen MR) is 59.9 cm³/mol. The summed E-state index contributed by atoms with van der Waals surface area (Å²) in [6, 6.07) is 3.76. The van der Waals surface area contributed by atoms with Crippen molar-refractivity contribution in [2.75, 3.05) is 0 Å². The van der Waals surface area contributed by atoms with Gasteiger partial charge in [-0.2, -0.15) is 9.97 Å². The molecule has 0 fully saturated rings. The lowest BCUT2D eigenvalue weighted by Gasteiger charge is -2.03. The van der Waals surface area contributed by atoms with Crippen LogP contribution in [0.1, 0.15) is 11.4 Å². The Morgan fingerprint density at radius 3 is 1.76 bits per heavy atom. The fraction of sp³-hybridized carbons (Fsp3) is 0.200. The van der Waals surface area contributed by atoms with E-state index in [-0.39, 0.29) is 12.0 Å². The van der Waals surface area contributed by atoms with Gasteiger partial charge in [0.2, 0.25) is 0 Å². The third-order valence-corrected chi connectivity index (χ3v) is 1.98. The molecule has 0 spiro atoms. The van der Waals surface area contributed by atoms with Crippen molar-refractivity contribution >= 4 is 0 Å². The summed E-state index contributed by atoms with van der Waals surface area (Å²) in [5.74, 6) is 0. The van der Waals surface area contributed by atoms with Crippen LogP contribution < -0.4 is 16.2 Å². The van der Waals surface area contributed by atoms with Crippen LogP contribution in [0.25, 0.3) is 0 Å². The van der Waals surface area contributed by atoms with Crippen LogP contribution in [0.5, 0.6) is 12.0 Å². The van der Waals surface area contributed by atoms with Crippen molar-refractivity contribution < 1.29 is 4.74 Å². The van der Waals surface area contributed by atoms with E-state index in [1.54, 1.807) is 24.5 Å². The summed E-state index contributed by atoms with van der Waals surface area (Å²) in [5.41, 5.74) is 12.3. The van der Waals surface area contributed by atoms with Gasteiger partial charge in [-0.3, -0.25) is 0 Å². The van der Waals surface area contributed by atoms with Gasteiger partial charge in [0.1, 0.15) is 0 Å². The molecular formula is C10H12N6O. The first-order valence-electron chi connectivity index (χ1n) is 5.03. The smallest absolute Gasteiger partial charge is 0.324 e. The highest BCUT2D eigenvalue weighted by molar-refractivity contribution is 5.11. The number of rotatable bonds is 4. The van der Waals surface area contributed by atoms with E-state index in [2.05, 4.69) is 19.9 Å². The molecule has 0 unspecified atom stereocenters. The minimum absolute atomic E-state index is 0.169. The van der Waals surface area contributed by atoms with Gasteiger partial charge in [-0.05, 0) is 12.1 Å². The minimum Gasteiger partial charge on any atom is -0.388 e. The summed E-state index contributed by atoms with van der Waals surface area (Å²) < 4.78 is 5.31. The lowest BCUT2D eigenvalue weighted by Crippen LogP contribution is -2.04. The summed E-state index contributed by atoms with van der Waals surface area (Å²) in [7, 11) is 0. The van der Waals surface area contributed by atoms with E-state index in [9.17, 15) is 0 Å². The van der Waals surface area contributed by atoms with Gasteiger partial charge in [0.05, 0.1) is 11.4 Å². The number of aromatic nitrogens is 4. The van der Waals surface area contributed by atoms with Crippen molar-refractivity contribution in [1.29, 1.82) is 0 Å². The molecule has 7 nitrogen and oxygen atoms in total. The Bertz CT molecular complexity index is 458. The third kappa shape index (κ3) is 2.92. The molecule has 4 N–H and O–H groups in total. The molecule has 0 aliphatic heterocycles. The van der Waals surface area contributed by atoms with Crippen molar-refractivity contribution in [3.05, 3.63) is 35.9 Å². The van der Waals surface area contributed by atoms with Crippen molar-refractivity contribution in [2.24, 2.45) is 11.5 Å². The highest BCUT2D eigenvalue weighted by Gasteiger charge is 2.04. The monoisotopic (exact) mass is 232 g/mol. The molecule has 0 aromatic carbocycles. The molecule has 0 amide bonds. The fourth-order valence-electron chi connectivity index (χ4n) is 1.16. The first-order chi connectivity index (χ1) is 8.31. The lowest BCUT2D eigenvalue weighted by atomic mass is 10.4. The van der Waals surface area contributed by atoms with Crippen LogP contribution in [0, 0.1) is 0 Å². The van der Waals surface area contributed by atoms with Gasteiger partial charge in [0, 0.05) is 25.5 Å². The number of ether oxygens (including phenoxy) is 1. The molecule has 0 aliphatic carbocycles. The first-order valence-corrected chi connectivity index (χ1v) is 5.03. The molecule has 0 saturated carbocycles. The average molecular weight is 232 g/mol. The maximum atomic E-state index is 5.46. The van der Waals surface area contributed by atoms with Gasteiger partial charge >= 0.3 is 12.0 Å². The quantitative estimate of drug-likeness (QED) is 0.761. The Morgan fingerprint density at radius 1 is 0.882 bits per heavy atom. The molecule has 0 aliphatic rings. The van der Waals surface area contributed by atoms with E-state index >= 15 is 0 Å². The third-order valence-electron chi connectivity index (χ3n) is 1.98. The number of nitrogens with zero attached hydrogens (tertiary/aromatic N) is 4. The van der Waals surface area contributed by atoms with Gasteiger partial charge in [-0.1, -0.05) is 0 Å². The highest BCUT2D eigenvalue weighted by atomic mass is 16.5. The van der Waals surface area contributed by atoms with E-state index in [0.717, 1.165) is 0 Å².